The molecule has 0 fully saturated rings. The van der Waals surface area contributed by atoms with Crippen molar-refractivity contribution in [1.82, 2.24) is 0 Å². The molecule has 0 bridgehead atoms. The minimum Gasteiger partial charge on any atom is -0.465 e. The van der Waals surface area contributed by atoms with Crippen LogP contribution in [0.4, 0.5) is 0 Å². The zero-order valence-electron chi connectivity index (χ0n) is 7.54. The van der Waals surface area contributed by atoms with Crippen LogP contribution in [-0.2, 0) is 9.53 Å². The van der Waals surface area contributed by atoms with Crippen LogP contribution >= 0.6 is 0 Å². The van der Waals surface area contributed by atoms with Crippen molar-refractivity contribution < 1.29 is 19.7 Å². The van der Waals surface area contributed by atoms with Gasteiger partial charge in [0.15, 0.2) is 0 Å². The highest BCUT2D eigenvalue weighted by molar-refractivity contribution is 5.65. The lowest BCUT2D eigenvalue weighted by Crippen LogP contribution is -2.35. The molecule has 12 heavy (non-hydrogen) atoms. The van der Waals surface area contributed by atoms with E-state index in [9.17, 15) is 4.79 Å². The number of aliphatic hydroxyl groups is 2. The molecule has 0 aliphatic heterocycles. The Hall–Kier alpha value is -0.610. The lowest BCUT2D eigenvalue weighted by Gasteiger charge is -2.27. The third-order valence-corrected chi connectivity index (χ3v) is 2.00. The lowest BCUT2D eigenvalue weighted by atomic mass is 9.88. The molecule has 0 saturated heterocycles. The Morgan fingerprint density at radius 2 is 1.92 bits per heavy atom. The van der Waals surface area contributed by atoms with Gasteiger partial charge in [-0.1, -0.05) is 6.92 Å². The number of carbonyl (C=O) groups is 1. The summed E-state index contributed by atoms with van der Waals surface area (Å²) in [5.41, 5.74) is -0.675. The van der Waals surface area contributed by atoms with E-state index in [4.69, 9.17) is 14.9 Å². The van der Waals surface area contributed by atoms with Crippen molar-refractivity contribution >= 4 is 5.97 Å². The third-order valence-electron chi connectivity index (χ3n) is 2.00. The molecule has 0 aromatic rings. The van der Waals surface area contributed by atoms with Crippen molar-refractivity contribution in [2.45, 2.75) is 20.3 Å². The van der Waals surface area contributed by atoms with Gasteiger partial charge in [-0.25, -0.2) is 0 Å². The fourth-order valence-corrected chi connectivity index (χ4v) is 0.722. The molecule has 0 amide bonds. The fourth-order valence-electron chi connectivity index (χ4n) is 0.722. The molecule has 0 aliphatic carbocycles. The first kappa shape index (κ1) is 11.4. The van der Waals surface area contributed by atoms with Crippen LogP contribution in [0.1, 0.15) is 20.3 Å². The SMILES string of the molecule is CCC(CO)(CO)COC(C)=O. The van der Waals surface area contributed by atoms with Crippen LogP contribution < -0.4 is 0 Å². The van der Waals surface area contributed by atoms with Crippen molar-refractivity contribution in [1.29, 1.82) is 0 Å². The van der Waals surface area contributed by atoms with Gasteiger partial charge in [0, 0.05) is 6.92 Å². The maximum Gasteiger partial charge on any atom is 0.302 e. The molecule has 0 atom stereocenters. The summed E-state index contributed by atoms with van der Waals surface area (Å²) in [6.07, 6.45) is 0.577. The van der Waals surface area contributed by atoms with Crippen LogP contribution in [-0.4, -0.2) is 36.0 Å². The Morgan fingerprint density at radius 3 is 2.17 bits per heavy atom. The molecular formula is C8H16O4. The molecule has 4 nitrogen and oxygen atoms in total. The van der Waals surface area contributed by atoms with Crippen LogP contribution in [0.25, 0.3) is 0 Å². The van der Waals surface area contributed by atoms with E-state index in [1.54, 1.807) is 0 Å². The summed E-state index contributed by atoms with van der Waals surface area (Å²) in [6, 6.07) is 0. The van der Waals surface area contributed by atoms with Gasteiger partial charge in [0.05, 0.1) is 18.6 Å². The van der Waals surface area contributed by atoms with Crippen LogP contribution in [0.3, 0.4) is 0 Å². The molecule has 0 aromatic carbocycles. The Kier molecular flexibility index (Phi) is 4.85. The third kappa shape index (κ3) is 3.19. The van der Waals surface area contributed by atoms with Gasteiger partial charge in [-0.2, -0.15) is 0 Å². The summed E-state index contributed by atoms with van der Waals surface area (Å²) in [5.74, 6) is -0.394. The summed E-state index contributed by atoms with van der Waals surface area (Å²) >= 11 is 0. The zero-order valence-corrected chi connectivity index (χ0v) is 7.54. The zero-order chi connectivity index (χ0) is 9.61. The second kappa shape index (κ2) is 5.11. The second-order valence-electron chi connectivity index (χ2n) is 2.95. The summed E-state index contributed by atoms with van der Waals surface area (Å²) in [7, 11) is 0. The number of hydrogen-bond acceptors (Lipinski definition) is 4. The first-order valence-electron chi connectivity index (χ1n) is 3.95. The Bertz CT molecular complexity index is 132. The Morgan fingerprint density at radius 1 is 1.42 bits per heavy atom. The summed E-state index contributed by atoms with van der Waals surface area (Å²) in [6.45, 7) is 2.86. The van der Waals surface area contributed by atoms with Gasteiger partial charge in [-0.3, -0.25) is 4.79 Å². The number of hydrogen-bond donors (Lipinski definition) is 2. The van der Waals surface area contributed by atoms with Gasteiger partial charge in [0.1, 0.15) is 6.61 Å². The molecule has 0 saturated carbocycles. The molecule has 0 radical (unpaired) electrons. The van der Waals surface area contributed by atoms with E-state index in [2.05, 4.69) is 0 Å². The molecule has 0 aliphatic rings. The Labute approximate surface area is 72.2 Å². The number of ether oxygens (including phenoxy) is 1. The molecule has 4 heteroatoms. The standard InChI is InChI=1S/C8H16O4/c1-3-8(4-9,5-10)6-12-7(2)11/h9-10H,3-6H2,1-2H3. The smallest absolute Gasteiger partial charge is 0.302 e. The molecule has 0 spiro atoms. The Balaban J connectivity index is 4.01. The molecule has 0 heterocycles. The highest BCUT2D eigenvalue weighted by atomic mass is 16.5. The largest absolute Gasteiger partial charge is 0.465 e. The molecular weight excluding hydrogens is 160 g/mol. The first-order chi connectivity index (χ1) is 5.60. The molecule has 0 unspecified atom stereocenters. The van der Waals surface area contributed by atoms with Crippen molar-refractivity contribution in [3.63, 3.8) is 0 Å². The average molecular weight is 176 g/mol. The van der Waals surface area contributed by atoms with E-state index in [0.717, 1.165) is 0 Å². The predicted octanol–water partition coefficient (Wildman–Crippen LogP) is -0.0695. The lowest BCUT2D eigenvalue weighted by molar-refractivity contribution is -0.147. The van der Waals surface area contributed by atoms with E-state index >= 15 is 0 Å². The topological polar surface area (TPSA) is 66.8 Å². The first-order valence-corrected chi connectivity index (χ1v) is 3.95. The minimum atomic E-state index is -0.675. The number of rotatable bonds is 5. The van der Waals surface area contributed by atoms with E-state index in [0.29, 0.717) is 6.42 Å². The normalized spacial score (nSPS) is 11.3. The van der Waals surface area contributed by atoms with Gasteiger partial charge in [-0.15, -0.1) is 0 Å². The number of aliphatic hydroxyl groups excluding tert-OH is 2. The molecule has 0 rings (SSSR count). The van der Waals surface area contributed by atoms with Crippen molar-refractivity contribution in [3.05, 3.63) is 0 Å². The van der Waals surface area contributed by atoms with E-state index in [-0.39, 0.29) is 19.8 Å². The number of carbonyl (C=O) groups excluding carboxylic acids is 1. The van der Waals surface area contributed by atoms with Crippen LogP contribution in [0.15, 0.2) is 0 Å². The van der Waals surface area contributed by atoms with Crippen LogP contribution in [0, 0.1) is 5.41 Å². The highest BCUT2D eigenvalue weighted by Crippen LogP contribution is 2.20. The second-order valence-corrected chi connectivity index (χ2v) is 2.95. The molecule has 2 N–H and O–H groups in total. The summed E-state index contributed by atoms with van der Waals surface area (Å²) in [5, 5.41) is 17.9. The fraction of sp³-hybridized carbons (Fsp3) is 0.875. The van der Waals surface area contributed by atoms with Crippen molar-refractivity contribution in [3.8, 4) is 0 Å². The predicted molar refractivity (Wildman–Crippen MR) is 43.5 cm³/mol. The quantitative estimate of drug-likeness (QED) is 0.575. The van der Waals surface area contributed by atoms with E-state index < -0.39 is 11.4 Å². The number of esters is 1. The van der Waals surface area contributed by atoms with Gasteiger partial charge in [0.2, 0.25) is 0 Å². The molecule has 0 aromatic heterocycles. The van der Waals surface area contributed by atoms with E-state index in [1.165, 1.54) is 6.92 Å². The maximum atomic E-state index is 10.5. The highest BCUT2D eigenvalue weighted by Gasteiger charge is 2.27. The maximum absolute atomic E-state index is 10.5. The monoisotopic (exact) mass is 176 g/mol. The van der Waals surface area contributed by atoms with Gasteiger partial charge in [-0.05, 0) is 6.42 Å². The van der Waals surface area contributed by atoms with Gasteiger partial charge in [0.25, 0.3) is 0 Å². The summed E-state index contributed by atoms with van der Waals surface area (Å²) in [4.78, 5) is 10.5. The molecule has 72 valence electrons. The van der Waals surface area contributed by atoms with E-state index in [1.807, 2.05) is 6.92 Å². The minimum absolute atomic E-state index is 0.0752. The average Bonchev–Trinajstić information content (AvgIpc) is 2.08. The van der Waals surface area contributed by atoms with Gasteiger partial charge >= 0.3 is 5.97 Å². The van der Waals surface area contributed by atoms with Gasteiger partial charge < -0.3 is 14.9 Å². The van der Waals surface area contributed by atoms with Crippen LogP contribution in [0.5, 0.6) is 0 Å². The van der Waals surface area contributed by atoms with Crippen molar-refractivity contribution in [2.24, 2.45) is 5.41 Å². The van der Waals surface area contributed by atoms with Crippen molar-refractivity contribution in [2.75, 3.05) is 19.8 Å². The summed E-state index contributed by atoms with van der Waals surface area (Å²) < 4.78 is 4.72. The van der Waals surface area contributed by atoms with Crippen LogP contribution in [0.2, 0.25) is 0 Å².